The lowest BCUT2D eigenvalue weighted by Crippen LogP contribution is -2.13. The fourth-order valence-corrected chi connectivity index (χ4v) is 2.33. The maximum absolute atomic E-state index is 13.3. The number of benzene rings is 2. The van der Waals surface area contributed by atoms with Crippen molar-refractivity contribution < 1.29 is 18.3 Å². The second-order valence-corrected chi connectivity index (χ2v) is 5.09. The summed E-state index contributed by atoms with van der Waals surface area (Å²) in [6.45, 7) is 0. The van der Waals surface area contributed by atoms with Gasteiger partial charge in [-0.05, 0) is 52.9 Å². The molecule has 2 rings (SSSR count). The van der Waals surface area contributed by atoms with Gasteiger partial charge in [0.05, 0.1) is 12.7 Å². The number of hydrogen-bond acceptors (Lipinski definition) is 2. The van der Waals surface area contributed by atoms with Crippen LogP contribution in [0.25, 0.3) is 0 Å². The normalized spacial score (nSPS) is 10.2. The van der Waals surface area contributed by atoms with Gasteiger partial charge in [0.15, 0.2) is 11.6 Å². The molecule has 0 aromatic heterocycles. The van der Waals surface area contributed by atoms with Crippen LogP contribution in [0.1, 0.15) is 10.4 Å². The molecule has 0 atom stereocenters. The highest BCUT2D eigenvalue weighted by atomic mass is 127. The third kappa shape index (κ3) is 3.24. The van der Waals surface area contributed by atoms with E-state index in [2.05, 4.69) is 5.32 Å². The van der Waals surface area contributed by atoms with E-state index < -0.39 is 17.5 Å². The van der Waals surface area contributed by atoms with Crippen LogP contribution in [0.2, 0.25) is 0 Å². The molecule has 0 aliphatic carbocycles. The van der Waals surface area contributed by atoms with Crippen LogP contribution in [0.4, 0.5) is 14.5 Å². The van der Waals surface area contributed by atoms with Crippen LogP contribution >= 0.6 is 22.6 Å². The molecule has 0 heterocycles. The van der Waals surface area contributed by atoms with Crippen molar-refractivity contribution in [3.05, 3.63) is 57.2 Å². The second kappa shape index (κ2) is 6.17. The summed E-state index contributed by atoms with van der Waals surface area (Å²) in [7, 11) is 1.34. The van der Waals surface area contributed by atoms with Crippen LogP contribution < -0.4 is 10.1 Å². The Bertz CT molecular complexity index is 662. The molecule has 3 nitrogen and oxygen atoms in total. The average molecular weight is 389 g/mol. The van der Waals surface area contributed by atoms with Crippen molar-refractivity contribution >= 4 is 34.2 Å². The Morgan fingerprint density at radius 3 is 2.60 bits per heavy atom. The summed E-state index contributed by atoms with van der Waals surface area (Å²) in [5.74, 6) is -1.28. The molecule has 0 aliphatic rings. The van der Waals surface area contributed by atoms with Crippen LogP contribution in [0.15, 0.2) is 36.4 Å². The Morgan fingerprint density at radius 1 is 1.20 bits per heavy atom. The number of amides is 1. The highest BCUT2D eigenvalue weighted by Crippen LogP contribution is 2.22. The highest BCUT2D eigenvalue weighted by molar-refractivity contribution is 14.1. The van der Waals surface area contributed by atoms with Crippen LogP contribution in [-0.4, -0.2) is 13.0 Å². The molecule has 0 fully saturated rings. The maximum atomic E-state index is 13.3. The van der Waals surface area contributed by atoms with E-state index in [-0.39, 0.29) is 5.75 Å². The minimum Gasteiger partial charge on any atom is -0.494 e. The van der Waals surface area contributed by atoms with Gasteiger partial charge in [0.25, 0.3) is 5.91 Å². The van der Waals surface area contributed by atoms with E-state index in [0.717, 1.165) is 0 Å². The van der Waals surface area contributed by atoms with Crippen molar-refractivity contribution in [2.45, 2.75) is 0 Å². The standard InChI is InChI=1S/C14H10F2INO2/c1-20-13-7-9(3-5-11(13)16)18-14(19)10-4-2-8(15)6-12(10)17/h2-7H,1H3,(H,18,19). The van der Waals surface area contributed by atoms with E-state index in [1.807, 2.05) is 22.6 Å². The Morgan fingerprint density at radius 2 is 1.95 bits per heavy atom. The van der Waals surface area contributed by atoms with Crippen molar-refractivity contribution in [3.8, 4) is 5.75 Å². The third-order valence-electron chi connectivity index (χ3n) is 2.58. The summed E-state index contributed by atoms with van der Waals surface area (Å²) in [5.41, 5.74) is 0.740. The van der Waals surface area contributed by atoms with E-state index in [9.17, 15) is 13.6 Å². The summed E-state index contributed by atoms with van der Waals surface area (Å²) in [6.07, 6.45) is 0. The Labute approximate surface area is 128 Å². The molecule has 0 saturated heterocycles. The molecular weight excluding hydrogens is 379 g/mol. The lowest BCUT2D eigenvalue weighted by atomic mass is 10.2. The fraction of sp³-hybridized carbons (Fsp3) is 0.0714. The predicted octanol–water partition coefficient (Wildman–Crippen LogP) is 3.83. The highest BCUT2D eigenvalue weighted by Gasteiger charge is 2.12. The fourth-order valence-electron chi connectivity index (χ4n) is 1.61. The summed E-state index contributed by atoms with van der Waals surface area (Å²) < 4.78 is 31.6. The first-order valence-electron chi connectivity index (χ1n) is 5.61. The number of rotatable bonds is 3. The van der Waals surface area contributed by atoms with E-state index in [4.69, 9.17) is 4.74 Å². The zero-order valence-electron chi connectivity index (χ0n) is 10.4. The first-order valence-corrected chi connectivity index (χ1v) is 6.69. The smallest absolute Gasteiger partial charge is 0.256 e. The second-order valence-electron chi connectivity index (χ2n) is 3.93. The van der Waals surface area contributed by atoms with Crippen molar-refractivity contribution in [3.63, 3.8) is 0 Å². The molecule has 0 aliphatic heterocycles. The van der Waals surface area contributed by atoms with E-state index in [0.29, 0.717) is 14.8 Å². The summed E-state index contributed by atoms with van der Waals surface area (Å²) >= 11 is 1.88. The predicted molar refractivity (Wildman–Crippen MR) is 80.0 cm³/mol. The Kier molecular flexibility index (Phi) is 4.53. The molecule has 6 heteroatoms. The molecule has 1 amide bonds. The summed E-state index contributed by atoms with van der Waals surface area (Å²) in [6, 6.07) is 7.87. The minimum absolute atomic E-state index is 0.0385. The quantitative estimate of drug-likeness (QED) is 0.811. The monoisotopic (exact) mass is 389 g/mol. The number of ether oxygens (including phenoxy) is 1. The molecule has 2 aromatic carbocycles. The van der Waals surface area contributed by atoms with Gasteiger partial charge in [-0.3, -0.25) is 4.79 Å². The van der Waals surface area contributed by atoms with Crippen LogP contribution in [-0.2, 0) is 0 Å². The first-order chi connectivity index (χ1) is 9.51. The Hall–Kier alpha value is -1.70. The van der Waals surface area contributed by atoms with Gasteiger partial charge in [-0.2, -0.15) is 0 Å². The lowest BCUT2D eigenvalue weighted by Gasteiger charge is -2.09. The minimum atomic E-state index is -0.512. The van der Waals surface area contributed by atoms with Gasteiger partial charge in [0, 0.05) is 15.3 Å². The molecule has 104 valence electrons. The Balaban J connectivity index is 2.23. The number of methoxy groups -OCH3 is 1. The van der Waals surface area contributed by atoms with Crippen LogP contribution in [0.3, 0.4) is 0 Å². The van der Waals surface area contributed by atoms with E-state index in [1.54, 1.807) is 0 Å². The van der Waals surface area contributed by atoms with Gasteiger partial charge in [0.2, 0.25) is 0 Å². The maximum Gasteiger partial charge on any atom is 0.256 e. The van der Waals surface area contributed by atoms with Gasteiger partial charge in [0.1, 0.15) is 5.82 Å². The average Bonchev–Trinajstić information content (AvgIpc) is 2.40. The summed E-state index contributed by atoms with van der Waals surface area (Å²) in [5, 5.41) is 2.61. The molecule has 2 aromatic rings. The number of nitrogens with one attached hydrogen (secondary N) is 1. The number of carbonyl (C=O) groups excluding carboxylic acids is 1. The summed E-state index contributed by atoms with van der Waals surface area (Å²) in [4.78, 5) is 12.1. The van der Waals surface area contributed by atoms with Gasteiger partial charge >= 0.3 is 0 Å². The number of carbonyl (C=O) groups is 1. The topological polar surface area (TPSA) is 38.3 Å². The molecule has 0 spiro atoms. The van der Waals surface area contributed by atoms with Crippen molar-refractivity contribution in [1.29, 1.82) is 0 Å². The molecule has 20 heavy (non-hydrogen) atoms. The number of anilines is 1. The van der Waals surface area contributed by atoms with Gasteiger partial charge < -0.3 is 10.1 Å². The van der Waals surface area contributed by atoms with Crippen molar-refractivity contribution in [2.75, 3.05) is 12.4 Å². The number of halogens is 3. The molecule has 0 radical (unpaired) electrons. The van der Waals surface area contributed by atoms with E-state index >= 15 is 0 Å². The molecular formula is C14H10F2INO2. The van der Waals surface area contributed by atoms with Crippen molar-refractivity contribution in [1.82, 2.24) is 0 Å². The van der Waals surface area contributed by atoms with Crippen LogP contribution in [0, 0.1) is 15.2 Å². The molecule has 0 unspecified atom stereocenters. The first kappa shape index (κ1) is 14.7. The van der Waals surface area contributed by atoms with Gasteiger partial charge in [-0.25, -0.2) is 8.78 Å². The number of hydrogen-bond donors (Lipinski definition) is 1. The van der Waals surface area contributed by atoms with Gasteiger partial charge in [-0.15, -0.1) is 0 Å². The molecule has 1 N–H and O–H groups in total. The molecule has 0 saturated carbocycles. The van der Waals surface area contributed by atoms with Crippen LogP contribution in [0.5, 0.6) is 5.75 Å². The SMILES string of the molecule is COc1cc(NC(=O)c2ccc(F)cc2I)ccc1F. The largest absolute Gasteiger partial charge is 0.494 e. The zero-order valence-corrected chi connectivity index (χ0v) is 12.6. The third-order valence-corrected chi connectivity index (χ3v) is 3.48. The zero-order chi connectivity index (χ0) is 14.7. The lowest BCUT2D eigenvalue weighted by molar-refractivity contribution is 0.102. The molecule has 0 bridgehead atoms. The van der Waals surface area contributed by atoms with E-state index in [1.165, 1.54) is 43.5 Å². The van der Waals surface area contributed by atoms with Gasteiger partial charge in [-0.1, -0.05) is 0 Å². The van der Waals surface area contributed by atoms with Crippen molar-refractivity contribution in [2.24, 2.45) is 0 Å².